The molecule has 1 aromatic rings. The first-order valence-corrected chi connectivity index (χ1v) is 7.41. The van der Waals surface area contributed by atoms with E-state index in [1.807, 2.05) is 0 Å². The summed E-state index contributed by atoms with van der Waals surface area (Å²) in [6.07, 6.45) is 4.13. The van der Waals surface area contributed by atoms with Gasteiger partial charge in [-0.25, -0.2) is 0 Å². The predicted octanol–water partition coefficient (Wildman–Crippen LogP) is 3.55. The molecule has 0 saturated heterocycles. The number of nitrogens with zero attached hydrogens (tertiary/aromatic N) is 1. The fourth-order valence-corrected chi connectivity index (χ4v) is 2.92. The molecule has 106 valence electrons. The van der Waals surface area contributed by atoms with E-state index < -0.39 is 0 Å². The van der Waals surface area contributed by atoms with Crippen LogP contribution < -0.4 is 5.32 Å². The second kappa shape index (κ2) is 5.64. The Morgan fingerprint density at radius 3 is 2.42 bits per heavy atom. The van der Waals surface area contributed by atoms with Gasteiger partial charge in [0.15, 0.2) is 0 Å². The highest BCUT2D eigenvalue weighted by Gasteiger charge is 2.32. The third-order valence-corrected chi connectivity index (χ3v) is 4.97. The fourth-order valence-electron chi connectivity index (χ4n) is 2.92. The van der Waals surface area contributed by atoms with E-state index in [0.717, 1.165) is 5.92 Å². The Morgan fingerprint density at radius 1 is 1.26 bits per heavy atom. The van der Waals surface area contributed by atoms with Crippen molar-refractivity contribution in [1.82, 2.24) is 10.2 Å². The van der Waals surface area contributed by atoms with Crippen LogP contribution in [0.1, 0.15) is 56.2 Å². The van der Waals surface area contributed by atoms with Gasteiger partial charge >= 0.3 is 0 Å². The molecule has 1 aliphatic carbocycles. The van der Waals surface area contributed by atoms with Gasteiger partial charge in [-0.1, -0.05) is 30.7 Å². The van der Waals surface area contributed by atoms with Crippen molar-refractivity contribution in [2.24, 2.45) is 0 Å². The molecule has 1 aliphatic rings. The molecule has 1 atom stereocenters. The molecule has 0 bridgehead atoms. The van der Waals surface area contributed by atoms with Crippen molar-refractivity contribution >= 4 is 0 Å². The number of likely N-dealkylation sites (N-methyl/N-ethyl adjacent to an activating group) is 2. The molecule has 1 aromatic carbocycles. The average molecular weight is 260 g/mol. The number of hydrogen-bond acceptors (Lipinski definition) is 2. The van der Waals surface area contributed by atoms with Crippen molar-refractivity contribution in [2.75, 3.05) is 21.1 Å². The summed E-state index contributed by atoms with van der Waals surface area (Å²) in [6, 6.07) is 9.54. The van der Waals surface area contributed by atoms with Gasteiger partial charge in [-0.15, -0.1) is 0 Å². The second-order valence-corrected chi connectivity index (χ2v) is 6.57. The van der Waals surface area contributed by atoms with Gasteiger partial charge in [0, 0.05) is 11.6 Å². The zero-order valence-electron chi connectivity index (χ0n) is 13.0. The lowest BCUT2D eigenvalue weighted by molar-refractivity contribution is 0.142. The van der Waals surface area contributed by atoms with E-state index in [-0.39, 0.29) is 5.54 Å². The Balaban J connectivity index is 2.27. The van der Waals surface area contributed by atoms with E-state index in [1.54, 1.807) is 0 Å². The summed E-state index contributed by atoms with van der Waals surface area (Å²) in [4.78, 5) is 2.30. The van der Waals surface area contributed by atoms with Crippen LogP contribution in [0.3, 0.4) is 0 Å². The molecule has 1 saturated carbocycles. The molecule has 2 heteroatoms. The smallest absolute Gasteiger partial charge is 0.0499 e. The maximum atomic E-state index is 3.50. The van der Waals surface area contributed by atoms with Crippen LogP contribution in [-0.2, 0) is 0 Å². The van der Waals surface area contributed by atoms with Gasteiger partial charge in [0.25, 0.3) is 0 Å². The van der Waals surface area contributed by atoms with E-state index >= 15 is 0 Å². The van der Waals surface area contributed by atoms with Crippen LogP contribution in [0.2, 0.25) is 0 Å². The quantitative estimate of drug-likeness (QED) is 0.871. The summed E-state index contributed by atoms with van der Waals surface area (Å²) >= 11 is 0. The van der Waals surface area contributed by atoms with Gasteiger partial charge in [0.2, 0.25) is 0 Å². The molecule has 0 aliphatic heterocycles. The molecule has 0 amide bonds. The summed E-state index contributed by atoms with van der Waals surface area (Å²) in [7, 11) is 6.37. The summed E-state index contributed by atoms with van der Waals surface area (Å²) < 4.78 is 0. The Bertz CT molecular complexity index is 419. The molecule has 1 fully saturated rings. The van der Waals surface area contributed by atoms with Crippen LogP contribution >= 0.6 is 0 Å². The topological polar surface area (TPSA) is 15.3 Å². The molecule has 0 radical (unpaired) electrons. The molecule has 0 aromatic heterocycles. The maximum Gasteiger partial charge on any atom is 0.0499 e. The van der Waals surface area contributed by atoms with Crippen LogP contribution in [-0.4, -0.2) is 31.6 Å². The lowest BCUT2D eigenvalue weighted by Crippen LogP contribution is -2.48. The van der Waals surface area contributed by atoms with Crippen LogP contribution in [0.15, 0.2) is 24.3 Å². The number of nitrogens with one attached hydrogen (secondary N) is 1. The first-order chi connectivity index (χ1) is 8.96. The lowest BCUT2D eigenvalue weighted by atomic mass is 9.78. The molecule has 2 rings (SSSR count). The van der Waals surface area contributed by atoms with Gasteiger partial charge < -0.3 is 10.2 Å². The highest BCUT2D eigenvalue weighted by atomic mass is 15.2. The van der Waals surface area contributed by atoms with Crippen LogP contribution in [0, 0.1) is 0 Å². The summed E-state index contributed by atoms with van der Waals surface area (Å²) in [5, 5.41) is 3.50. The highest BCUT2D eigenvalue weighted by molar-refractivity contribution is 5.31. The third-order valence-electron chi connectivity index (χ3n) is 4.97. The summed E-state index contributed by atoms with van der Waals surface area (Å²) in [5.74, 6) is 0.805. The maximum absolute atomic E-state index is 3.50. The van der Waals surface area contributed by atoms with Gasteiger partial charge in [0.1, 0.15) is 0 Å². The van der Waals surface area contributed by atoms with Crippen LogP contribution in [0.4, 0.5) is 0 Å². The monoisotopic (exact) mass is 260 g/mol. The van der Waals surface area contributed by atoms with Crippen molar-refractivity contribution in [3.63, 3.8) is 0 Å². The normalized spacial score (nSPS) is 18.4. The van der Waals surface area contributed by atoms with Crippen molar-refractivity contribution in [3.05, 3.63) is 35.4 Å². The van der Waals surface area contributed by atoms with E-state index in [4.69, 9.17) is 0 Å². The van der Waals surface area contributed by atoms with Gasteiger partial charge in [0.05, 0.1) is 0 Å². The van der Waals surface area contributed by atoms with E-state index in [9.17, 15) is 0 Å². The Labute approximate surface area is 118 Å². The Kier molecular flexibility index (Phi) is 4.32. The zero-order chi connectivity index (χ0) is 14.0. The van der Waals surface area contributed by atoms with Gasteiger partial charge in [-0.2, -0.15) is 0 Å². The van der Waals surface area contributed by atoms with Crippen molar-refractivity contribution in [1.29, 1.82) is 0 Å². The van der Waals surface area contributed by atoms with Crippen molar-refractivity contribution < 1.29 is 0 Å². The first kappa shape index (κ1) is 14.5. The third kappa shape index (κ3) is 2.85. The number of rotatable bonds is 5. The largest absolute Gasteiger partial charge is 0.311 e. The average Bonchev–Trinajstić information content (AvgIpc) is 2.27. The minimum atomic E-state index is 0.0903. The molecule has 1 unspecified atom stereocenters. The van der Waals surface area contributed by atoms with Gasteiger partial charge in [-0.05, 0) is 64.9 Å². The van der Waals surface area contributed by atoms with E-state index in [1.165, 1.54) is 30.4 Å². The molecule has 0 heterocycles. The van der Waals surface area contributed by atoms with Crippen molar-refractivity contribution in [3.8, 4) is 0 Å². The predicted molar refractivity (Wildman–Crippen MR) is 82.6 cm³/mol. The summed E-state index contributed by atoms with van der Waals surface area (Å²) in [5.41, 5.74) is 3.02. The molecular formula is C17H28N2. The molecule has 0 spiro atoms. The molecule has 2 nitrogen and oxygen atoms in total. The molecule has 19 heavy (non-hydrogen) atoms. The summed E-state index contributed by atoms with van der Waals surface area (Å²) in [6.45, 7) is 4.59. The molecular weight excluding hydrogens is 232 g/mol. The fraction of sp³-hybridized carbons (Fsp3) is 0.647. The highest BCUT2D eigenvalue weighted by Crippen LogP contribution is 2.38. The minimum absolute atomic E-state index is 0.0903. The number of hydrogen-bond donors (Lipinski definition) is 1. The standard InChI is InChI=1S/C17H28N2/c1-17(2,19(4)5)16(18-3)15-11-7-10-14(12-15)13-8-6-9-13/h7,10-13,16,18H,6,8-9H2,1-5H3. The van der Waals surface area contributed by atoms with Crippen LogP contribution in [0.5, 0.6) is 0 Å². The lowest BCUT2D eigenvalue weighted by Gasteiger charge is -2.40. The first-order valence-electron chi connectivity index (χ1n) is 7.41. The SMILES string of the molecule is CNC(c1cccc(C2CCC2)c1)C(C)(C)N(C)C. The van der Waals surface area contributed by atoms with Gasteiger partial charge in [-0.3, -0.25) is 0 Å². The Hall–Kier alpha value is -0.860. The second-order valence-electron chi connectivity index (χ2n) is 6.57. The Morgan fingerprint density at radius 2 is 1.95 bits per heavy atom. The van der Waals surface area contributed by atoms with E-state index in [0.29, 0.717) is 6.04 Å². The zero-order valence-corrected chi connectivity index (χ0v) is 13.0. The van der Waals surface area contributed by atoms with Crippen LogP contribution in [0.25, 0.3) is 0 Å². The minimum Gasteiger partial charge on any atom is -0.311 e. The van der Waals surface area contributed by atoms with Crippen molar-refractivity contribution in [2.45, 2.75) is 50.6 Å². The number of benzene rings is 1. The van der Waals surface area contributed by atoms with E-state index in [2.05, 4.69) is 69.5 Å². The molecule has 1 N–H and O–H groups in total.